The van der Waals surface area contributed by atoms with Crippen molar-refractivity contribution in [3.63, 3.8) is 0 Å². The first-order valence-corrected chi connectivity index (χ1v) is 18.5. The van der Waals surface area contributed by atoms with Crippen molar-refractivity contribution in [1.82, 2.24) is 0 Å². The lowest BCUT2D eigenvalue weighted by Gasteiger charge is -2.44. The summed E-state index contributed by atoms with van der Waals surface area (Å²) in [6.45, 7) is 19.2. The number of para-hydroxylation sites is 3. The Kier molecular flexibility index (Phi) is 9.14. The maximum absolute atomic E-state index is 4.37. The minimum Gasteiger partial charge on any atom is -0.318 e. The summed E-state index contributed by atoms with van der Waals surface area (Å²) in [4.78, 5) is 9.24. The Balaban J connectivity index is 1.37. The number of hydrogen-bond donors (Lipinski definition) is 0. The Morgan fingerprint density at radius 2 is 1.06 bits per heavy atom. The monoisotopic (exact) mass is 698 g/mol. The molecule has 5 heteroatoms. The van der Waals surface area contributed by atoms with E-state index in [2.05, 4.69) is 206 Å². The van der Waals surface area contributed by atoms with Crippen LogP contribution in [-0.4, -0.2) is 6.71 Å². The number of allylic oxidation sites excluding steroid dienone is 4. The lowest BCUT2D eigenvalue weighted by Crippen LogP contribution is -2.61. The molecule has 2 aliphatic rings. The third-order valence-corrected chi connectivity index (χ3v) is 10.7. The minimum atomic E-state index is -0.0111. The van der Waals surface area contributed by atoms with Crippen LogP contribution in [-0.2, 0) is 0 Å². The van der Waals surface area contributed by atoms with Gasteiger partial charge in [0.25, 0.3) is 6.71 Å². The average molecular weight is 699 g/mol. The Morgan fingerprint density at radius 1 is 0.574 bits per heavy atom. The second kappa shape index (κ2) is 14.4. The molecule has 0 N–H and O–H groups in total. The van der Waals surface area contributed by atoms with Crippen LogP contribution in [0.15, 0.2) is 196 Å². The molecule has 6 aromatic rings. The molecule has 262 valence electrons. The predicted octanol–water partition coefficient (Wildman–Crippen LogP) is 11.3. The summed E-state index contributed by atoms with van der Waals surface area (Å²) in [7, 11) is 0. The summed E-state index contributed by atoms with van der Waals surface area (Å²) in [5.74, 6) is 0. The summed E-state index contributed by atoms with van der Waals surface area (Å²) >= 11 is 0. The maximum atomic E-state index is 4.37. The van der Waals surface area contributed by atoms with E-state index in [0.29, 0.717) is 0 Å². The number of fused-ring (bicyclic) bond motifs is 4. The highest BCUT2D eigenvalue weighted by atomic mass is 15.2. The molecule has 0 amide bonds. The molecule has 0 fully saturated rings. The van der Waals surface area contributed by atoms with Gasteiger partial charge in [-0.25, -0.2) is 0 Å². The van der Waals surface area contributed by atoms with Crippen LogP contribution in [0.25, 0.3) is 0 Å². The van der Waals surface area contributed by atoms with E-state index in [9.17, 15) is 0 Å². The standard InChI is InChI=1S/C49H43BN4/c1-7-11-22-37(8-2)53(38-23-15-12-16-24-38)43-33-31-41-48(35(43)5)51(9-3)45-29-21-30-46-47(45)50(41)42-32-34-44(36(6)49(42)52(46)10-4)54(39-25-17-13-18-26-39)40-27-19-14-20-28-40/h7-34H,1,3-4H2,2,5-6H3/b22-11-,37-8+. The molecule has 54 heavy (non-hydrogen) atoms. The van der Waals surface area contributed by atoms with Crippen LogP contribution in [0.2, 0.25) is 0 Å². The number of rotatable bonds is 10. The van der Waals surface area contributed by atoms with Crippen LogP contribution in [0.3, 0.4) is 0 Å². The van der Waals surface area contributed by atoms with Crippen molar-refractivity contribution in [2.75, 3.05) is 19.6 Å². The fourth-order valence-electron chi connectivity index (χ4n) is 8.42. The van der Waals surface area contributed by atoms with Crippen molar-refractivity contribution in [3.05, 3.63) is 207 Å². The molecule has 0 saturated heterocycles. The van der Waals surface area contributed by atoms with Crippen molar-refractivity contribution >= 4 is 74.3 Å². The van der Waals surface area contributed by atoms with Gasteiger partial charge in [0.1, 0.15) is 0 Å². The smallest absolute Gasteiger partial charge is 0.252 e. The predicted molar refractivity (Wildman–Crippen MR) is 234 cm³/mol. The van der Waals surface area contributed by atoms with Crippen molar-refractivity contribution in [3.8, 4) is 0 Å². The zero-order chi connectivity index (χ0) is 37.3. The molecular formula is C49H43BN4. The van der Waals surface area contributed by atoms with E-state index in [-0.39, 0.29) is 6.71 Å². The second-order valence-electron chi connectivity index (χ2n) is 13.5. The van der Waals surface area contributed by atoms with E-state index in [1.54, 1.807) is 0 Å². The topological polar surface area (TPSA) is 13.0 Å². The Morgan fingerprint density at radius 3 is 1.54 bits per heavy atom. The molecule has 0 aliphatic carbocycles. The van der Waals surface area contributed by atoms with Gasteiger partial charge < -0.3 is 19.6 Å². The van der Waals surface area contributed by atoms with Crippen LogP contribution < -0.4 is 36.0 Å². The molecular weight excluding hydrogens is 655 g/mol. The molecule has 0 spiro atoms. The molecule has 6 aromatic carbocycles. The zero-order valence-electron chi connectivity index (χ0n) is 31.2. The van der Waals surface area contributed by atoms with E-state index >= 15 is 0 Å². The highest BCUT2D eigenvalue weighted by Gasteiger charge is 2.43. The second-order valence-corrected chi connectivity index (χ2v) is 13.5. The highest BCUT2D eigenvalue weighted by molar-refractivity contribution is 7.00. The van der Waals surface area contributed by atoms with Crippen molar-refractivity contribution < 1.29 is 0 Å². The summed E-state index contributed by atoms with van der Waals surface area (Å²) in [5, 5.41) is 0. The normalized spacial score (nSPS) is 12.9. The largest absolute Gasteiger partial charge is 0.318 e. The first-order valence-electron chi connectivity index (χ1n) is 18.5. The van der Waals surface area contributed by atoms with Crippen LogP contribution in [0, 0.1) is 13.8 Å². The zero-order valence-corrected chi connectivity index (χ0v) is 31.2. The van der Waals surface area contributed by atoms with Crippen molar-refractivity contribution in [2.24, 2.45) is 0 Å². The number of anilines is 9. The summed E-state index contributed by atoms with van der Waals surface area (Å²) in [6, 6.07) is 47.6. The van der Waals surface area contributed by atoms with Crippen LogP contribution >= 0.6 is 0 Å². The van der Waals surface area contributed by atoms with E-state index in [0.717, 1.165) is 56.9 Å². The third-order valence-electron chi connectivity index (χ3n) is 10.7. The molecule has 8 rings (SSSR count). The van der Waals surface area contributed by atoms with Gasteiger partial charge >= 0.3 is 0 Å². The van der Waals surface area contributed by atoms with E-state index in [4.69, 9.17) is 0 Å². The Bertz CT molecular complexity index is 2410. The van der Waals surface area contributed by atoms with Crippen LogP contribution in [0.1, 0.15) is 18.1 Å². The lowest BCUT2D eigenvalue weighted by molar-refractivity contribution is 1.16. The maximum Gasteiger partial charge on any atom is 0.252 e. The number of hydrogen-bond acceptors (Lipinski definition) is 4. The van der Waals surface area contributed by atoms with Crippen LogP contribution in [0.4, 0.5) is 51.2 Å². The van der Waals surface area contributed by atoms with Crippen LogP contribution in [0.5, 0.6) is 0 Å². The van der Waals surface area contributed by atoms with Gasteiger partial charge in [0.05, 0.1) is 11.4 Å². The first-order chi connectivity index (χ1) is 26.5. The van der Waals surface area contributed by atoms with Gasteiger partial charge in [0, 0.05) is 57.9 Å². The summed E-state index contributed by atoms with van der Waals surface area (Å²) < 4.78 is 0. The molecule has 0 atom stereocenters. The highest BCUT2D eigenvalue weighted by Crippen LogP contribution is 2.46. The van der Waals surface area contributed by atoms with Gasteiger partial charge in [-0.2, -0.15) is 0 Å². The van der Waals surface area contributed by atoms with E-state index < -0.39 is 0 Å². The van der Waals surface area contributed by atoms with E-state index in [1.165, 1.54) is 27.5 Å². The summed E-state index contributed by atoms with van der Waals surface area (Å²) in [5.41, 5.74) is 17.2. The number of nitrogens with zero attached hydrogens (tertiary/aromatic N) is 4. The number of benzene rings is 6. The minimum absolute atomic E-state index is 0.0111. The fraction of sp³-hybridized carbons (Fsp3) is 0.0612. The van der Waals surface area contributed by atoms with Crippen molar-refractivity contribution in [2.45, 2.75) is 20.8 Å². The Hall–Kier alpha value is -6.72. The molecule has 0 aromatic heterocycles. The molecule has 0 bridgehead atoms. The molecule has 0 radical (unpaired) electrons. The lowest BCUT2D eigenvalue weighted by atomic mass is 9.33. The molecule has 4 nitrogen and oxygen atoms in total. The molecule has 0 unspecified atom stereocenters. The molecule has 0 saturated carbocycles. The van der Waals surface area contributed by atoms with Gasteiger partial charge in [0.15, 0.2) is 0 Å². The van der Waals surface area contributed by atoms with Gasteiger partial charge in [-0.3, -0.25) is 0 Å². The molecule has 2 aliphatic heterocycles. The Labute approximate surface area is 320 Å². The van der Waals surface area contributed by atoms with Gasteiger partial charge in [0.2, 0.25) is 0 Å². The van der Waals surface area contributed by atoms with Crippen molar-refractivity contribution in [1.29, 1.82) is 0 Å². The van der Waals surface area contributed by atoms with E-state index in [1.807, 2.05) is 24.6 Å². The third kappa shape index (κ3) is 5.48. The SMILES string of the molecule is C=C/C=C\C(=C/C)N(c1ccccc1)c1ccc2c(c1C)N(C=C)c1cccc3c1B2c1ccc(N(c2ccccc2)c2ccccc2)c(C)c1N3C=C. The quantitative estimate of drug-likeness (QED) is 0.104. The average Bonchev–Trinajstić information content (AvgIpc) is 3.22. The van der Waals surface area contributed by atoms with Gasteiger partial charge in [-0.15, -0.1) is 0 Å². The fourth-order valence-corrected chi connectivity index (χ4v) is 8.42. The molecule has 2 heterocycles. The first kappa shape index (κ1) is 34.4. The van der Waals surface area contributed by atoms with Gasteiger partial charge in [-0.1, -0.05) is 111 Å². The summed E-state index contributed by atoms with van der Waals surface area (Å²) in [6.07, 6.45) is 12.0. The van der Waals surface area contributed by atoms with Gasteiger partial charge in [-0.05, 0) is 115 Å².